The minimum Gasteiger partial charge on any atom is -0.352 e. The predicted octanol–water partition coefficient (Wildman–Crippen LogP) is 1.77. The summed E-state index contributed by atoms with van der Waals surface area (Å²) >= 11 is 0. The molecule has 0 atom stereocenters. The summed E-state index contributed by atoms with van der Waals surface area (Å²) in [4.78, 5) is 23.2. The van der Waals surface area contributed by atoms with Gasteiger partial charge >= 0.3 is 0 Å². The topological polar surface area (TPSA) is 104 Å². The molecule has 2 aromatic carbocycles. The molecule has 3 rings (SSSR count). The number of halogens is 2. The maximum absolute atomic E-state index is 13.8. The fourth-order valence-electron chi connectivity index (χ4n) is 2.42. The SMILES string of the molecule is O=C(CNC(=O)c1ccccc1NS(=O)(=O)c1cc(F)ccc1F)NC1CC1. The van der Waals surface area contributed by atoms with Crippen molar-refractivity contribution in [1.29, 1.82) is 0 Å². The van der Waals surface area contributed by atoms with Crippen LogP contribution in [-0.2, 0) is 14.8 Å². The van der Waals surface area contributed by atoms with Crippen molar-refractivity contribution in [3.05, 3.63) is 59.7 Å². The molecule has 2 amide bonds. The van der Waals surface area contributed by atoms with Crippen molar-refractivity contribution in [1.82, 2.24) is 10.6 Å². The Morgan fingerprint density at radius 1 is 1.07 bits per heavy atom. The molecule has 148 valence electrons. The number of carbonyl (C=O) groups is 2. The third-order valence-corrected chi connectivity index (χ3v) is 5.33. The first kappa shape index (κ1) is 19.7. The second-order valence-electron chi connectivity index (χ2n) is 6.25. The van der Waals surface area contributed by atoms with E-state index in [4.69, 9.17) is 0 Å². The number of amides is 2. The Bertz CT molecular complexity index is 1020. The van der Waals surface area contributed by atoms with Crippen LogP contribution in [0.15, 0.2) is 47.4 Å². The smallest absolute Gasteiger partial charge is 0.264 e. The predicted molar refractivity (Wildman–Crippen MR) is 97.1 cm³/mol. The van der Waals surface area contributed by atoms with Gasteiger partial charge in [-0.25, -0.2) is 17.2 Å². The number of sulfonamides is 1. The van der Waals surface area contributed by atoms with Crippen LogP contribution < -0.4 is 15.4 Å². The van der Waals surface area contributed by atoms with Crippen molar-refractivity contribution in [2.24, 2.45) is 0 Å². The van der Waals surface area contributed by atoms with E-state index in [1.165, 1.54) is 24.3 Å². The molecular weight excluding hydrogens is 392 g/mol. The highest BCUT2D eigenvalue weighted by Gasteiger charge is 2.24. The summed E-state index contributed by atoms with van der Waals surface area (Å²) in [6.07, 6.45) is 1.81. The van der Waals surface area contributed by atoms with Gasteiger partial charge in [0.25, 0.3) is 15.9 Å². The van der Waals surface area contributed by atoms with Crippen molar-refractivity contribution in [3.8, 4) is 0 Å². The van der Waals surface area contributed by atoms with Crippen LogP contribution in [0.25, 0.3) is 0 Å². The lowest BCUT2D eigenvalue weighted by Gasteiger charge is -2.13. The molecule has 0 radical (unpaired) electrons. The number of para-hydroxylation sites is 1. The Kier molecular flexibility index (Phi) is 5.59. The average molecular weight is 409 g/mol. The lowest BCUT2D eigenvalue weighted by Crippen LogP contribution is -2.38. The average Bonchev–Trinajstić information content (AvgIpc) is 3.45. The molecule has 0 saturated heterocycles. The number of nitrogens with one attached hydrogen (secondary N) is 3. The quantitative estimate of drug-likeness (QED) is 0.648. The Morgan fingerprint density at radius 3 is 2.50 bits per heavy atom. The number of anilines is 1. The number of hydrogen-bond donors (Lipinski definition) is 3. The first-order chi connectivity index (χ1) is 13.3. The van der Waals surface area contributed by atoms with Crippen LogP contribution in [-0.4, -0.2) is 32.8 Å². The standard InChI is InChI=1S/C18H17F2N3O4S/c19-11-5-8-14(20)16(9-11)28(26,27)23-15-4-2-1-3-13(15)18(25)21-10-17(24)22-12-6-7-12/h1-5,8-9,12,23H,6-7,10H2,(H,21,25)(H,22,24). The zero-order valence-corrected chi connectivity index (χ0v) is 15.4. The molecule has 1 aliphatic rings. The zero-order chi connectivity index (χ0) is 20.3. The molecule has 0 bridgehead atoms. The van der Waals surface area contributed by atoms with Gasteiger partial charge in [0.1, 0.15) is 16.5 Å². The summed E-state index contributed by atoms with van der Waals surface area (Å²) in [6, 6.07) is 7.79. The van der Waals surface area contributed by atoms with Gasteiger partial charge in [-0.1, -0.05) is 12.1 Å². The lowest BCUT2D eigenvalue weighted by atomic mass is 10.1. The van der Waals surface area contributed by atoms with Gasteiger partial charge < -0.3 is 10.6 Å². The second-order valence-corrected chi connectivity index (χ2v) is 7.90. The van der Waals surface area contributed by atoms with Crippen molar-refractivity contribution in [3.63, 3.8) is 0 Å². The van der Waals surface area contributed by atoms with E-state index in [1.807, 2.05) is 0 Å². The maximum Gasteiger partial charge on any atom is 0.264 e. The highest BCUT2D eigenvalue weighted by Crippen LogP contribution is 2.22. The largest absolute Gasteiger partial charge is 0.352 e. The molecule has 28 heavy (non-hydrogen) atoms. The van der Waals surface area contributed by atoms with Gasteiger partial charge in [0.2, 0.25) is 5.91 Å². The number of hydrogen-bond acceptors (Lipinski definition) is 4. The molecule has 1 fully saturated rings. The summed E-state index contributed by atoms with van der Waals surface area (Å²) in [5.41, 5.74) is -0.201. The fraction of sp³-hybridized carbons (Fsp3) is 0.222. The van der Waals surface area contributed by atoms with E-state index < -0.39 is 32.5 Å². The molecule has 10 heteroatoms. The van der Waals surface area contributed by atoms with E-state index in [2.05, 4.69) is 15.4 Å². The molecule has 7 nitrogen and oxygen atoms in total. The summed E-state index contributed by atoms with van der Waals surface area (Å²) in [5, 5.41) is 5.10. The molecule has 1 saturated carbocycles. The van der Waals surface area contributed by atoms with E-state index in [0.717, 1.165) is 18.9 Å². The molecule has 0 spiro atoms. The van der Waals surface area contributed by atoms with Crippen molar-refractivity contribution < 1.29 is 26.8 Å². The van der Waals surface area contributed by atoms with Gasteiger partial charge in [-0.05, 0) is 43.2 Å². The number of benzene rings is 2. The third kappa shape index (κ3) is 4.83. The van der Waals surface area contributed by atoms with Crippen LogP contribution in [0.1, 0.15) is 23.2 Å². The summed E-state index contributed by atoms with van der Waals surface area (Å²) in [5.74, 6) is -3.10. The molecule has 2 aromatic rings. The Hall–Kier alpha value is -3.01. The summed E-state index contributed by atoms with van der Waals surface area (Å²) < 4.78 is 54.1. The molecular formula is C18H17F2N3O4S. The van der Waals surface area contributed by atoms with Gasteiger partial charge in [0, 0.05) is 6.04 Å². The van der Waals surface area contributed by atoms with Crippen LogP contribution in [0.4, 0.5) is 14.5 Å². The summed E-state index contributed by atoms with van der Waals surface area (Å²) in [6.45, 7) is -0.269. The minimum atomic E-state index is -4.49. The van der Waals surface area contributed by atoms with Crippen LogP contribution in [0, 0.1) is 11.6 Å². The molecule has 3 N–H and O–H groups in total. The fourth-order valence-corrected chi connectivity index (χ4v) is 3.59. The number of carbonyl (C=O) groups excluding carboxylic acids is 2. The van der Waals surface area contributed by atoms with Crippen LogP contribution in [0.2, 0.25) is 0 Å². The monoisotopic (exact) mass is 409 g/mol. The highest BCUT2D eigenvalue weighted by atomic mass is 32.2. The molecule has 0 heterocycles. The van der Waals surface area contributed by atoms with Gasteiger partial charge in [-0.2, -0.15) is 0 Å². The Labute approximate surface area is 160 Å². The normalized spacial score (nSPS) is 13.6. The Balaban J connectivity index is 1.76. The molecule has 1 aliphatic carbocycles. The van der Waals surface area contributed by atoms with Crippen LogP contribution >= 0.6 is 0 Å². The molecule has 0 aromatic heterocycles. The van der Waals surface area contributed by atoms with Gasteiger partial charge in [0.15, 0.2) is 0 Å². The van der Waals surface area contributed by atoms with Crippen molar-refractivity contribution in [2.45, 2.75) is 23.8 Å². The molecule has 0 unspecified atom stereocenters. The summed E-state index contributed by atoms with van der Waals surface area (Å²) in [7, 11) is -4.49. The van der Waals surface area contributed by atoms with Gasteiger partial charge in [-0.15, -0.1) is 0 Å². The Morgan fingerprint density at radius 2 is 1.79 bits per heavy atom. The van der Waals surface area contributed by atoms with E-state index in [1.54, 1.807) is 0 Å². The first-order valence-corrected chi connectivity index (χ1v) is 9.89. The second kappa shape index (κ2) is 7.93. The van der Waals surface area contributed by atoms with E-state index in [0.29, 0.717) is 12.1 Å². The maximum atomic E-state index is 13.8. The van der Waals surface area contributed by atoms with Gasteiger partial charge in [0.05, 0.1) is 17.8 Å². The van der Waals surface area contributed by atoms with Crippen LogP contribution in [0.3, 0.4) is 0 Å². The van der Waals surface area contributed by atoms with Crippen molar-refractivity contribution in [2.75, 3.05) is 11.3 Å². The van der Waals surface area contributed by atoms with Crippen molar-refractivity contribution >= 4 is 27.5 Å². The van der Waals surface area contributed by atoms with E-state index in [9.17, 15) is 26.8 Å². The van der Waals surface area contributed by atoms with E-state index >= 15 is 0 Å². The van der Waals surface area contributed by atoms with E-state index in [-0.39, 0.29) is 29.7 Å². The zero-order valence-electron chi connectivity index (χ0n) is 14.5. The van der Waals surface area contributed by atoms with Gasteiger partial charge in [-0.3, -0.25) is 14.3 Å². The number of rotatable bonds is 7. The third-order valence-electron chi connectivity index (χ3n) is 3.95. The first-order valence-electron chi connectivity index (χ1n) is 8.41. The van der Waals surface area contributed by atoms with Crippen LogP contribution in [0.5, 0.6) is 0 Å². The minimum absolute atomic E-state index is 0.0675. The highest BCUT2D eigenvalue weighted by molar-refractivity contribution is 7.92. The molecule has 0 aliphatic heterocycles. The lowest BCUT2D eigenvalue weighted by molar-refractivity contribution is -0.120.